The van der Waals surface area contributed by atoms with E-state index < -0.39 is 18.8 Å². The minimum absolute atomic E-state index is 0.163. The highest BCUT2D eigenvalue weighted by molar-refractivity contribution is 5.89. The highest BCUT2D eigenvalue weighted by Gasteiger charge is 2.28. The average molecular weight is 362 g/mol. The SMILES string of the molecule is CC(CNC(=O)Nc1ccc(OCC(F)(F)F)nc1)N1CCOCC1. The van der Waals surface area contributed by atoms with Crippen LogP contribution < -0.4 is 15.4 Å². The van der Waals surface area contributed by atoms with Crippen LogP contribution in [0.15, 0.2) is 18.3 Å². The van der Waals surface area contributed by atoms with Gasteiger partial charge in [-0.15, -0.1) is 0 Å². The van der Waals surface area contributed by atoms with E-state index in [-0.39, 0.29) is 11.9 Å². The molecule has 0 spiro atoms. The summed E-state index contributed by atoms with van der Waals surface area (Å²) in [5, 5.41) is 5.31. The number of nitrogens with zero attached hydrogens (tertiary/aromatic N) is 2. The summed E-state index contributed by atoms with van der Waals surface area (Å²) in [6, 6.07) is 2.44. The van der Waals surface area contributed by atoms with Crippen molar-refractivity contribution in [3.63, 3.8) is 0 Å². The van der Waals surface area contributed by atoms with Gasteiger partial charge in [0.25, 0.3) is 0 Å². The van der Waals surface area contributed by atoms with Crippen LogP contribution in [0, 0.1) is 0 Å². The molecule has 1 saturated heterocycles. The van der Waals surface area contributed by atoms with E-state index >= 15 is 0 Å². The number of pyridine rings is 1. The van der Waals surface area contributed by atoms with Crippen LogP contribution in [0.2, 0.25) is 0 Å². The largest absolute Gasteiger partial charge is 0.468 e. The lowest BCUT2D eigenvalue weighted by atomic mass is 10.2. The van der Waals surface area contributed by atoms with Crippen molar-refractivity contribution in [2.24, 2.45) is 0 Å². The van der Waals surface area contributed by atoms with E-state index in [2.05, 4.69) is 25.3 Å². The Morgan fingerprint density at radius 2 is 2.12 bits per heavy atom. The molecule has 2 rings (SSSR count). The molecule has 7 nitrogen and oxygen atoms in total. The zero-order chi connectivity index (χ0) is 18.3. The number of morpholine rings is 1. The van der Waals surface area contributed by atoms with E-state index in [1.165, 1.54) is 18.3 Å². The lowest BCUT2D eigenvalue weighted by Crippen LogP contribution is -2.47. The zero-order valence-corrected chi connectivity index (χ0v) is 13.8. The molecule has 0 bridgehead atoms. The van der Waals surface area contributed by atoms with E-state index in [1.807, 2.05) is 6.92 Å². The molecule has 0 aliphatic carbocycles. The third-order valence-corrected chi connectivity index (χ3v) is 3.60. The standard InChI is InChI=1S/C15H21F3N4O3/c1-11(22-4-6-24-7-5-22)8-20-14(23)21-12-2-3-13(19-9-12)25-10-15(16,17)18/h2-3,9,11H,4-8,10H2,1H3,(H2,20,21,23). The smallest absolute Gasteiger partial charge is 0.422 e. The highest BCUT2D eigenvalue weighted by atomic mass is 19.4. The Kier molecular flexibility index (Phi) is 6.82. The monoisotopic (exact) mass is 362 g/mol. The number of anilines is 1. The minimum Gasteiger partial charge on any atom is -0.468 e. The van der Waals surface area contributed by atoms with Gasteiger partial charge in [-0.2, -0.15) is 13.2 Å². The van der Waals surface area contributed by atoms with Gasteiger partial charge in [-0.05, 0) is 13.0 Å². The highest BCUT2D eigenvalue weighted by Crippen LogP contribution is 2.18. The minimum atomic E-state index is -4.42. The van der Waals surface area contributed by atoms with E-state index in [4.69, 9.17) is 4.74 Å². The number of nitrogens with one attached hydrogen (secondary N) is 2. The fraction of sp³-hybridized carbons (Fsp3) is 0.600. The first-order chi connectivity index (χ1) is 11.8. The van der Waals surface area contributed by atoms with Gasteiger partial charge >= 0.3 is 12.2 Å². The maximum Gasteiger partial charge on any atom is 0.422 e. The number of halogens is 3. The number of alkyl halides is 3. The summed E-state index contributed by atoms with van der Waals surface area (Å²) < 4.78 is 45.9. The van der Waals surface area contributed by atoms with Crippen molar-refractivity contribution in [3.05, 3.63) is 18.3 Å². The molecule has 1 aliphatic rings. The maximum atomic E-state index is 12.0. The zero-order valence-electron chi connectivity index (χ0n) is 13.8. The molecule has 10 heteroatoms. The molecule has 1 fully saturated rings. The van der Waals surface area contributed by atoms with Crippen LogP contribution >= 0.6 is 0 Å². The van der Waals surface area contributed by atoms with Gasteiger partial charge in [0.2, 0.25) is 5.88 Å². The first-order valence-electron chi connectivity index (χ1n) is 7.86. The van der Waals surface area contributed by atoms with Crippen LogP contribution in [0.1, 0.15) is 6.92 Å². The molecule has 1 aromatic heterocycles. The lowest BCUT2D eigenvalue weighted by Gasteiger charge is -2.32. The Hall–Kier alpha value is -2.07. The second-order valence-electron chi connectivity index (χ2n) is 5.62. The number of amides is 2. The maximum absolute atomic E-state index is 12.0. The number of urea groups is 1. The third-order valence-electron chi connectivity index (χ3n) is 3.60. The molecular weight excluding hydrogens is 341 g/mol. The van der Waals surface area contributed by atoms with Gasteiger partial charge in [-0.3, -0.25) is 4.90 Å². The van der Waals surface area contributed by atoms with Gasteiger partial charge in [-0.25, -0.2) is 9.78 Å². The second-order valence-corrected chi connectivity index (χ2v) is 5.62. The summed E-state index contributed by atoms with van der Waals surface area (Å²) in [7, 11) is 0. The average Bonchev–Trinajstić information content (AvgIpc) is 2.59. The lowest BCUT2D eigenvalue weighted by molar-refractivity contribution is -0.154. The number of carbonyl (C=O) groups excluding carboxylic acids is 1. The summed E-state index contributed by atoms with van der Waals surface area (Å²) in [6.07, 6.45) is -3.19. The number of aromatic nitrogens is 1. The second kappa shape index (κ2) is 8.86. The molecule has 1 unspecified atom stereocenters. The molecule has 140 valence electrons. The van der Waals surface area contributed by atoms with Gasteiger partial charge in [0.05, 0.1) is 25.1 Å². The van der Waals surface area contributed by atoms with Crippen molar-refractivity contribution in [1.29, 1.82) is 0 Å². The van der Waals surface area contributed by atoms with E-state index in [0.29, 0.717) is 25.4 Å². The fourth-order valence-corrected chi connectivity index (χ4v) is 2.26. The predicted octanol–water partition coefficient (Wildman–Crippen LogP) is 1.86. The normalized spacial score (nSPS) is 17.0. The topological polar surface area (TPSA) is 75.7 Å². The Morgan fingerprint density at radius 3 is 2.72 bits per heavy atom. The summed E-state index contributed by atoms with van der Waals surface area (Å²) in [4.78, 5) is 17.8. The molecule has 0 aromatic carbocycles. The Labute approximate surface area is 143 Å². The van der Waals surface area contributed by atoms with Crippen molar-refractivity contribution in [1.82, 2.24) is 15.2 Å². The predicted molar refractivity (Wildman–Crippen MR) is 84.7 cm³/mol. The van der Waals surface area contributed by atoms with E-state index in [0.717, 1.165) is 13.1 Å². The Morgan fingerprint density at radius 1 is 1.40 bits per heavy atom. The third kappa shape index (κ3) is 7.14. The number of rotatable bonds is 6. The van der Waals surface area contributed by atoms with Crippen molar-refractivity contribution in [2.45, 2.75) is 19.1 Å². The molecule has 1 atom stereocenters. The van der Waals surface area contributed by atoms with Crippen LogP contribution in [-0.4, -0.2) is 67.6 Å². The molecule has 0 radical (unpaired) electrons. The van der Waals surface area contributed by atoms with Gasteiger partial charge in [-0.1, -0.05) is 0 Å². The molecule has 2 heterocycles. The fourth-order valence-electron chi connectivity index (χ4n) is 2.26. The van der Waals surface area contributed by atoms with E-state index in [1.54, 1.807) is 0 Å². The summed E-state index contributed by atoms with van der Waals surface area (Å²) >= 11 is 0. The number of hydrogen-bond donors (Lipinski definition) is 2. The van der Waals surface area contributed by atoms with Crippen LogP contribution in [0.5, 0.6) is 5.88 Å². The summed E-state index contributed by atoms with van der Waals surface area (Å²) in [5.74, 6) is -0.163. The Balaban J connectivity index is 1.72. The molecule has 2 N–H and O–H groups in total. The number of ether oxygens (including phenoxy) is 2. The summed E-state index contributed by atoms with van der Waals surface area (Å²) in [6.45, 7) is 4.09. The first-order valence-corrected chi connectivity index (χ1v) is 7.86. The number of carbonyl (C=O) groups is 1. The molecule has 1 aromatic rings. The van der Waals surface area contributed by atoms with Gasteiger partial charge in [0.1, 0.15) is 0 Å². The van der Waals surface area contributed by atoms with Crippen molar-refractivity contribution < 1.29 is 27.4 Å². The van der Waals surface area contributed by atoms with Crippen LogP contribution in [0.3, 0.4) is 0 Å². The molecule has 0 saturated carbocycles. The Bertz CT molecular complexity index is 548. The first kappa shape index (κ1) is 19.3. The quantitative estimate of drug-likeness (QED) is 0.808. The molecular formula is C15H21F3N4O3. The van der Waals surface area contributed by atoms with Crippen molar-refractivity contribution >= 4 is 11.7 Å². The number of hydrogen-bond acceptors (Lipinski definition) is 5. The van der Waals surface area contributed by atoms with Crippen molar-refractivity contribution in [3.8, 4) is 5.88 Å². The molecule has 25 heavy (non-hydrogen) atoms. The summed E-state index contributed by atoms with van der Waals surface area (Å²) in [5.41, 5.74) is 0.357. The van der Waals surface area contributed by atoms with Gasteiger partial charge in [0, 0.05) is 31.7 Å². The van der Waals surface area contributed by atoms with Crippen LogP contribution in [0.4, 0.5) is 23.7 Å². The molecule has 1 aliphatic heterocycles. The van der Waals surface area contributed by atoms with Gasteiger partial charge in [0.15, 0.2) is 6.61 Å². The molecule has 2 amide bonds. The van der Waals surface area contributed by atoms with Gasteiger partial charge < -0.3 is 20.1 Å². The van der Waals surface area contributed by atoms with E-state index in [9.17, 15) is 18.0 Å². The van der Waals surface area contributed by atoms with Crippen LogP contribution in [0.25, 0.3) is 0 Å². The van der Waals surface area contributed by atoms with Crippen LogP contribution in [-0.2, 0) is 4.74 Å². The van der Waals surface area contributed by atoms with Crippen molar-refractivity contribution in [2.75, 3.05) is 44.8 Å².